The van der Waals surface area contributed by atoms with Crippen molar-refractivity contribution in [2.75, 3.05) is 19.4 Å². The summed E-state index contributed by atoms with van der Waals surface area (Å²) in [7, 11) is -0.167. The molecule has 0 aliphatic heterocycles. The zero-order chi connectivity index (χ0) is 20.0. The maximum Gasteiger partial charge on any atom is 0.238 e. The predicted molar refractivity (Wildman–Crippen MR) is 108 cm³/mol. The molecule has 0 aliphatic rings. The minimum absolute atomic E-state index is 0.0532. The van der Waals surface area contributed by atoms with Gasteiger partial charge in [0.25, 0.3) is 0 Å². The maximum atomic E-state index is 12.3. The van der Waals surface area contributed by atoms with Crippen LogP contribution in [0.15, 0.2) is 47.4 Å². The molecule has 2 aromatic carbocycles. The first-order valence-electron chi connectivity index (χ1n) is 8.87. The molecule has 0 radical (unpaired) electrons. The summed E-state index contributed by atoms with van der Waals surface area (Å²) in [6.07, 6.45) is 1.43. The van der Waals surface area contributed by atoms with Crippen molar-refractivity contribution in [1.82, 2.24) is 4.90 Å². The average molecular weight is 390 g/mol. The van der Waals surface area contributed by atoms with Crippen LogP contribution in [0.3, 0.4) is 0 Å². The second-order valence-corrected chi connectivity index (χ2v) is 8.39. The highest BCUT2D eigenvalue weighted by Gasteiger charge is 2.21. The number of nitrogens with zero attached hydrogens (tertiary/aromatic N) is 1. The van der Waals surface area contributed by atoms with Gasteiger partial charge in [0, 0.05) is 30.6 Å². The van der Waals surface area contributed by atoms with Crippen LogP contribution in [-0.4, -0.2) is 33.3 Å². The second-order valence-electron chi connectivity index (χ2n) is 6.86. The average Bonchev–Trinajstić information content (AvgIpc) is 2.56. The molecule has 1 amide bonds. The van der Waals surface area contributed by atoms with Crippen LogP contribution in [0, 0.1) is 0 Å². The van der Waals surface area contributed by atoms with E-state index in [2.05, 4.69) is 5.32 Å². The summed E-state index contributed by atoms with van der Waals surface area (Å²) in [5, 5.41) is 8.40. The Bertz CT molecular complexity index is 894. The van der Waals surface area contributed by atoms with E-state index in [-0.39, 0.29) is 10.8 Å². The van der Waals surface area contributed by atoms with Gasteiger partial charge in [0.1, 0.15) is 0 Å². The van der Waals surface area contributed by atoms with Crippen molar-refractivity contribution in [3.8, 4) is 0 Å². The van der Waals surface area contributed by atoms with E-state index in [1.807, 2.05) is 62.3 Å². The molecule has 0 saturated carbocycles. The van der Waals surface area contributed by atoms with E-state index < -0.39 is 10.0 Å². The summed E-state index contributed by atoms with van der Waals surface area (Å²) >= 11 is 0. The molecule has 0 bridgehead atoms. The topological polar surface area (TPSA) is 92.5 Å². The minimum Gasteiger partial charge on any atom is -0.326 e. The summed E-state index contributed by atoms with van der Waals surface area (Å²) < 4.78 is 24.6. The number of anilines is 1. The number of hydrogen-bond acceptors (Lipinski definition) is 4. The van der Waals surface area contributed by atoms with Crippen molar-refractivity contribution in [3.05, 3.63) is 59.2 Å². The lowest BCUT2D eigenvalue weighted by Gasteiger charge is -2.19. The van der Waals surface area contributed by atoms with Gasteiger partial charge in [-0.2, -0.15) is 0 Å². The fraction of sp³-hybridized carbons (Fsp3) is 0.350. The minimum atomic E-state index is -3.95. The van der Waals surface area contributed by atoms with Crippen molar-refractivity contribution < 1.29 is 13.2 Å². The zero-order valence-corrected chi connectivity index (χ0v) is 16.8. The van der Waals surface area contributed by atoms with Gasteiger partial charge in [0.15, 0.2) is 0 Å². The van der Waals surface area contributed by atoms with Crippen LogP contribution in [0.2, 0.25) is 0 Å². The Kier molecular flexibility index (Phi) is 7.12. The molecule has 0 fully saturated rings. The van der Waals surface area contributed by atoms with E-state index in [9.17, 15) is 13.2 Å². The highest BCUT2D eigenvalue weighted by molar-refractivity contribution is 7.89. The Morgan fingerprint density at radius 1 is 1.11 bits per heavy atom. The Hall–Kier alpha value is -2.22. The van der Waals surface area contributed by atoms with E-state index in [1.165, 1.54) is 0 Å². The lowest BCUT2D eigenvalue weighted by molar-refractivity contribution is -0.116. The number of amides is 1. The quantitative estimate of drug-likeness (QED) is 0.726. The fourth-order valence-corrected chi connectivity index (χ4v) is 3.79. The lowest BCUT2D eigenvalue weighted by Crippen LogP contribution is -2.20. The largest absolute Gasteiger partial charge is 0.326 e. The molecule has 27 heavy (non-hydrogen) atoms. The van der Waals surface area contributed by atoms with Crippen molar-refractivity contribution in [2.45, 2.75) is 37.6 Å². The molecule has 0 atom stereocenters. The molecule has 2 rings (SSSR count). The first-order valence-corrected chi connectivity index (χ1v) is 10.4. The van der Waals surface area contributed by atoms with Gasteiger partial charge in [-0.3, -0.25) is 4.79 Å². The molecule has 2 aromatic rings. The monoisotopic (exact) mass is 389 g/mol. The van der Waals surface area contributed by atoms with Crippen molar-refractivity contribution in [2.24, 2.45) is 5.14 Å². The Morgan fingerprint density at radius 3 is 2.33 bits per heavy atom. The SMILES string of the molecule is CCCC(=O)Nc1cc(CN(C)C)cc(S(N)(=O)=O)c1Cc1ccccc1. The van der Waals surface area contributed by atoms with Gasteiger partial charge in [-0.15, -0.1) is 0 Å². The number of rotatable bonds is 8. The van der Waals surface area contributed by atoms with E-state index >= 15 is 0 Å². The van der Waals surface area contributed by atoms with Crippen molar-refractivity contribution in [1.29, 1.82) is 0 Å². The second kappa shape index (κ2) is 9.12. The molecule has 0 aromatic heterocycles. The Morgan fingerprint density at radius 2 is 1.78 bits per heavy atom. The number of carbonyl (C=O) groups excluding carboxylic acids is 1. The molecule has 6 nitrogen and oxygen atoms in total. The fourth-order valence-electron chi connectivity index (χ4n) is 2.95. The molecular weight excluding hydrogens is 362 g/mol. The smallest absolute Gasteiger partial charge is 0.238 e. The number of benzene rings is 2. The third kappa shape index (κ3) is 6.16. The maximum absolute atomic E-state index is 12.3. The van der Waals surface area contributed by atoms with Crippen molar-refractivity contribution >= 4 is 21.6 Å². The van der Waals surface area contributed by atoms with Gasteiger partial charge in [-0.05, 0) is 43.8 Å². The van der Waals surface area contributed by atoms with E-state index in [4.69, 9.17) is 5.14 Å². The van der Waals surface area contributed by atoms with E-state index in [0.29, 0.717) is 37.1 Å². The van der Waals surface area contributed by atoms with Crippen LogP contribution in [0.4, 0.5) is 5.69 Å². The van der Waals surface area contributed by atoms with Crippen LogP contribution in [0.5, 0.6) is 0 Å². The van der Waals surface area contributed by atoms with Crippen LogP contribution < -0.4 is 10.5 Å². The van der Waals surface area contributed by atoms with Crippen LogP contribution in [-0.2, 0) is 27.8 Å². The van der Waals surface area contributed by atoms with Gasteiger partial charge < -0.3 is 10.2 Å². The molecule has 3 N–H and O–H groups in total. The first kappa shape index (κ1) is 21.1. The van der Waals surface area contributed by atoms with Gasteiger partial charge in [-0.1, -0.05) is 37.3 Å². The summed E-state index contributed by atoms with van der Waals surface area (Å²) in [4.78, 5) is 14.2. The third-order valence-corrected chi connectivity index (χ3v) is 5.03. The van der Waals surface area contributed by atoms with Crippen LogP contribution >= 0.6 is 0 Å². The molecule has 146 valence electrons. The van der Waals surface area contributed by atoms with Crippen molar-refractivity contribution in [3.63, 3.8) is 0 Å². The van der Waals surface area contributed by atoms with Gasteiger partial charge in [0.05, 0.1) is 4.90 Å². The van der Waals surface area contributed by atoms with E-state index in [1.54, 1.807) is 6.07 Å². The lowest BCUT2D eigenvalue weighted by atomic mass is 10.0. The molecule has 0 spiro atoms. The van der Waals surface area contributed by atoms with Gasteiger partial charge >= 0.3 is 0 Å². The number of sulfonamides is 1. The zero-order valence-electron chi connectivity index (χ0n) is 16.0. The Labute approximate surface area is 161 Å². The van der Waals surface area contributed by atoms with Gasteiger partial charge in [-0.25, -0.2) is 13.6 Å². The number of nitrogens with two attached hydrogens (primary N) is 1. The molecule has 0 aliphatic carbocycles. The van der Waals surface area contributed by atoms with Crippen LogP contribution in [0.1, 0.15) is 36.5 Å². The number of hydrogen-bond donors (Lipinski definition) is 2. The summed E-state index contributed by atoms with van der Waals surface area (Å²) in [6.45, 7) is 2.45. The summed E-state index contributed by atoms with van der Waals surface area (Å²) in [5.74, 6) is -0.144. The molecular formula is C20H27N3O3S. The number of nitrogens with one attached hydrogen (secondary N) is 1. The molecule has 7 heteroatoms. The number of carbonyl (C=O) groups is 1. The van der Waals surface area contributed by atoms with E-state index in [0.717, 1.165) is 11.1 Å². The van der Waals surface area contributed by atoms with Gasteiger partial charge in [0.2, 0.25) is 15.9 Å². The third-order valence-electron chi connectivity index (χ3n) is 4.05. The predicted octanol–water partition coefficient (Wildman–Crippen LogP) is 2.73. The number of primary sulfonamides is 1. The first-order chi connectivity index (χ1) is 12.7. The highest BCUT2D eigenvalue weighted by atomic mass is 32.2. The normalized spacial score (nSPS) is 11.6. The van der Waals surface area contributed by atoms with Crippen LogP contribution in [0.25, 0.3) is 0 Å². The Balaban J connectivity index is 2.61. The molecule has 0 saturated heterocycles. The molecule has 0 heterocycles. The highest BCUT2D eigenvalue weighted by Crippen LogP contribution is 2.29. The summed E-state index contributed by atoms with van der Waals surface area (Å²) in [6, 6.07) is 12.9. The standard InChI is InChI=1S/C20H27N3O3S/c1-4-8-20(24)22-18-12-16(14-23(2)3)13-19(27(21,25)26)17(18)11-15-9-6-5-7-10-15/h5-7,9-10,12-13H,4,8,11,14H2,1-3H3,(H,22,24)(H2,21,25,26). The molecule has 0 unspecified atom stereocenters. The summed E-state index contributed by atoms with van der Waals surface area (Å²) in [5.41, 5.74) is 2.72.